The number of halogens is 1. The Hall–Kier alpha value is -2.27. The van der Waals surface area contributed by atoms with Crippen LogP contribution in [0, 0.1) is 5.82 Å². The van der Waals surface area contributed by atoms with E-state index < -0.39 is 0 Å². The van der Waals surface area contributed by atoms with Crippen LogP contribution in [-0.4, -0.2) is 14.8 Å². The first-order valence-corrected chi connectivity index (χ1v) is 6.38. The fourth-order valence-electron chi connectivity index (χ4n) is 2.25. The summed E-state index contributed by atoms with van der Waals surface area (Å²) in [5, 5.41) is 5.02. The number of aryl methyl sites for hydroxylation is 1. The molecule has 1 atom stereocenters. The third-order valence-corrected chi connectivity index (χ3v) is 3.33. The van der Waals surface area contributed by atoms with Gasteiger partial charge in [0.25, 0.3) is 0 Å². The van der Waals surface area contributed by atoms with E-state index in [1.807, 2.05) is 19.3 Å². The maximum atomic E-state index is 13.9. The normalized spacial score (nSPS) is 12.8. The van der Waals surface area contributed by atoms with Gasteiger partial charge in [-0.1, -0.05) is 0 Å². The maximum Gasteiger partial charge on any atom is 0.130 e. The highest BCUT2D eigenvalue weighted by molar-refractivity contribution is 5.84. The zero-order valence-corrected chi connectivity index (χ0v) is 11.3. The van der Waals surface area contributed by atoms with E-state index in [0.29, 0.717) is 11.1 Å². The monoisotopic (exact) mass is 270 g/mol. The summed E-state index contributed by atoms with van der Waals surface area (Å²) in [5.41, 5.74) is 8.84. The second-order valence-electron chi connectivity index (χ2n) is 4.98. The molecule has 0 saturated carbocycles. The standard InChI is InChI=1S/C15H15FN4/c1-9(17)13-4-10-3-11(12-7-19-20(2)8-12)6-18-15(10)5-14(13)16/h3-9H,17H2,1-2H3/t9-/m0/s1. The summed E-state index contributed by atoms with van der Waals surface area (Å²) < 4.78 is 15.6. The number of benzene rings is 1. The van der Waals surface area contributed by atoms with E-state index in [2.05, 4.69) is 10.1 Å². The van der Waals surface area contributed by atoms with Crippen LogP contribution in [0.4, 0.5) is 4.39 Å². The molecule has 0 saturated heterocycles. The third-order valence-electron chi connectivity index (χ3n) is 3.33. The van der Waals surface area contributed by atoms with Crippen molar-refractivity contribution >= 4 is 10.9 Å². The fraction of sp³-hybridized carbons (Fsp3) is 0.200. The van der Waals surface area contributed by atoms with Crippen LogP contribution in [0.5, 0.6) is 0 Å². The minimum absolute atomic E-state index is 0.311. The summed E-state index contributed by atoms with van der Waals surface area (Å²) in [7, 11) is 1.86. The average molecular weight is 270 g/mol. The van der Waals surface area contributed by atoms with Crippen molar-refractivity contribution < 1.29 is 4.39 Å². The maximum absolute atomic E-state index is 13.9. The SMILES string of the molecule is C[C@H](N)c1cc2cc(-c3cnn(C)c3)cnc2cc1F. The van der Waals surface area contributed by atoms with Gasteiger partial charge in [0.15, 0.2) is 0 Å². The highest BCUT2D eigenvalue weighted by Crippen LogP contribution is 2.26. The van der Waals surface area contributed by atoms with Crippen LogP contribution in [-0.2, 0) is 7.05 Å². The van der Waals surface area contributed by atoms with E-state index in [0.717, 1.165) is 16.5 Å². The van der Waals surface area contributed by atoms with Crippen molar-refractivity contribution in [3.63, 3.8) is 0 Å². The second kappa shape index (κ2) is 4.68. The van der Waals surface area contributed by atoms with E-state index >= 15 is 0 Å². The lowest BCUT2D eigenvalue weighted by molar-refractivity contribution is 0.595. The van der Waals surface area contributed by atoms with Crippen molar-refractivity contribution in [1.29, 1.82) is 0 Å². The Morgan fingerprint density at radius 2 is 2.00 bits per heavy atom. The number of nitrogens with zero attached hydrogens (tertiary/aromatic N) is 3. The Kier molecular flexibility index (Phi) is 2.99. The van der Waals surface area contributed by atoms with E-state index in [9.17, 15) is 4.39 Å². The van der Waals surface area contributed by atoms with Gasteiger partial charge in [-0.25, -0.2) is 4.39 Å². The number of rotatable bonds is 2. The highest BCUT2D eigenvalue weighted by atomic mass is 19.1. The van der Waals surface area contributed by atoms with E-state index in [4.69, 9.17) is 5.73 Å². The van der Waals surface area contributed by atoms with Gasteiger partial charge in [0.1, 0.15) is 5.82 Å². The minimum Gasteiger partial charge on any atom is -0.324 e. The minimum atomic E-state index is -0.346. The molecule has 0 spiro atoms. The molecule has 1 aromatic carbocycles. The highest BCUT2D eigenvalue weighted by Gasteiger charge is 2.10. The largest absolute Gasteiger partial charge is 0.324 e. The second-order valence-corrected chi connectivity index (χ2v) is 4.98. The van der Waals surface area contributed by atoms with Gasteiger partial charge >= 0.3 is 0 Å². The molecule has 2 heterocycles. The summed E-state index contributed by atoms with van der Waals surface area (Å²) in [6.07, 6.45) is 5.42. The summed E-state index contributed by atoms with van der Waals surface area (Å²) in [6.45, 7) is 1.77. The lowest BCUT2D eigenvalue weighted by atomic mass is 10.0. The Morgan fingerprint density at radius 1 is 1.20 bits per heavy atom. The molecule has 0 radical (unpaired) electrons. The van der Waals surface area contributed by atoms with Crippen molar-refractivity contribution in [3.8, 4) is 11.1 Å². The molecule has 0 aliphatic rings. The van der Waals surface area contributed by atoms with Crippen LogP contribution >= 0.6 is 0 Å². The summed E-state index contributed by atoms with van der Waals surface area (Å²) in [6, 6.07) is 4.83. The first kappa shape index (κ1) is 12.7. The molecular weight excluding hydrogens is 255 g/mol. The Labute approximate surface area is 116 Å². The Morgan fingerprint density at radius 3 is 2.65 bits per heavy atom. The van der Waals surface area contributed by atoms with Crippen molar-refractivity contribution in [2.24, 2.45) is 12.8 Å². The molecule has 4 nitrogen and oxygen atoms in total. The summed E-state index contributed by atoms with van der Waals surface area (Å²) >= 11 is 0. The summed E-state index contributed by atoms with van der Waals surface area (Å²) in [5.74, 6) is -0.311. The first-order chi connectivity index (χ1) is 9.54. The Bertz CT molecular complexity index is 777. The number of hydrogen-bond acceptors (Lipinski definition) is 3. The number of aromatic nitrogens is 3. The zero-order chi connectivity index (χ0) is 14.3. The smallest absolute Gasteiger partial charge is 0.130 e. The summed E-state index contributed by atoms with van der Waals surface area (Å²) in [4.78, 5) is 4.31. The topological polar surface area (TPSA) is 56.7 Å². The predicted molar refractivity (Wildman–Crippen MR) is 76.5 cm³/mol. The van der Waals surface area contributed by atoms with E-state index in [-0.39, 0.29) is 11.9 Å². The molecule has 20 heavy (non-hydrogen) atoms. The average Bonchev–Trinajstić information content (AvgIpc) is 2.84. The molecular formula is C15H15FN4. The molecule has 102 valence electrons. The van der Waals surface area contributed by atoms with E-state index in [1.165, 1.54) is 6.07 Å². The van der Waals surface area contributed by atoms with Crippen molar-refractivity contribution in [3.05, 3.63) is 48.2 Å². The van der Waals surface area contributed by atoms with Crippen molar-refractivity contribution in [2.75, 3.05) is 0 Å². The molecule has 2 N–H and O–H groups in total. The van der Waals surface area contributed by atoms with Crippen LogP contribution < -0.4 is 5.73 Å². The van der Waals surface area contributed by atoms with Gasteiger partial charge in [0.05, 0.1) is 11.7 Å². The molecule has 0 fully saturated rings. The molecule has 3 aromatic rings. The van der Waals surface area contributed by atoms with Gasteiger partial charge in [-0.05, 0) is 19.1 Å². The Balaban J connectivity index is 2.17. The van der Waals surface area contributed by atoms with Crippen LogP contribution in [0.2, 0.25) is 0 Å². The number of nitrogens with two attached hydrogens (primary N) is 1. The molecule has 0 aliphatic heterocycles. The third kappa shape index (κ3) is 2.16. The van der Waals surface area contributed by atoms with Crippen molar-refractivity contribution in [1.82, 2.24) is 14.8 Å². The van der Waals surface area contributed by atoms with Crippen LogP contribution in [0.3, 0.4) is 0 Å². The van der Waals surface area contributed by atoms with Crippen LogP contribution in [0.1, 0.15) is 18.5 Å². The predicted octanol–water partition coefficient (Wildman–Crippen LogP) is 2.79. The van der Waals surface area contributed by atoms with E-state index in [1.54, 1.807) is 30.1 Å². The van der Waals surface area contributed by atoms with Gasteiger partial charge in [0, 0.05) is 53.6 Å². The number of pyridine rings is 1. The van der Waals surface area contributed by atoms with Gasteiger partial charge < -0.3 is 5.73 Å². The zero-order valence-electron chi connectivity index (χ0n) is 11.3. The quantitative estimate of drug-likeness (QED) is 0.779. The first-order valence-electron chi connectivity index (χ1n) is 6.38. The molecule has 5 heteroatoms. The molecule has 0 bridgehead atoms. The molecule has 0 unspecified atom stereocenters. The number of fused-ring (bicyclic) bond motifs is 1. The number of hydrogen-bond donors (Lipinski definition) is 1. The molecule has 2 aromatic heterocycles. The van der Waals surface area contributed by atoms with Crippen LogP contribution in [0.15, 0.2) is 36.8 Å². The molecule has 0 amide bonds. The fourth-order valence-corrected chi connectivity index (χ4v) is 2.25. The van der Waals surface area contributed by atoms with Gasteiger partial charge in [0.2, 0.25) is 0 Å². The van der Waals surface area contributed by atoms with Gasteiger partial charge in [-0.3, -0.25) is 9.67 Å². The molecule has 3 rings (SSSR count). The lowest BCUT2D eigenvalue weighted by Crippen LogP contribution is -2.07. The van der Waals surface area contributed by atoms with Gasteiger partial charge in [-0.2, -0.15) is 5.10 Å². The van der Waals surface area contributed by atoms with Gasteiger partial charge in [-0.15, -0.1) is 0 Å². The lowest BCUT2D eigenvalue weighted by Gasteiger charge is -2.09. The molecule has 0 aliphatic carbocycles. The van der Waals surface area contributed by atoms with Crippen molar-refractivity contribution in [2.45, 2.75) is 13.0 Å². The van der Waals surface area contributed by atoms with Crippen LogP contribution in [0.25, 0.3) is 22.0 Å².